The maximum atomic E-state index is 13.2. The average molecular weight is 374 g/mol. The first-order chi connectivity index (χ1) is 13.7. The molecule has 0 radical (unpaired) electrons. The summed E-state index contributed by atoms with van der Waals surface area (Å²) in [5, 5.41) is 24.0. The lowest BCUT2D eigenvalue weighted by Crippen LogP contribution is -2.27. The normalized spacial score (nSPS) is 21.2. The molecule has 140 valence electrons. The van der Waals surface area contributed by atoms with E-state index < -0.39 is 6.04 Å². The number of anilines is 2. The lowest BCUT2D eigenvalue weighted by Gasteiger charge is -2.29. The highest BCUT2D eigenvalue weighted by atomic mass is 16.6. The van der Waals surface area contributed by atoms with Crippen molar-refractivity contribution in [1.29, 1.82) is 0 Å². The third-order valence-corrected chi connectivity index (χ3v) is 5.33. The van der Waals surface area contributed by atoms with E-state index in [1.807, 2.05) is 18.2 Å². The van der Waals surface area contributed by atoms with Crippen LogP contribution >= 0.6 is 0 Å². The average Bonchev–Trinajstić information content (AvgIpc) is 3.08. The molecule has 5 rings (SSSR count). The maximum absolute atomic E-state index is 13.2. The van der Waals surface area contributed by atoms with Gasteiger partial charge in [0.05, 0.1) is 6.04 Å². The van der Waals surface area contributed by atoms with Crippen LogP contribution in [0.1, 0.15) is 35.9 Å². The molecular formula is C21H18N4O3. The van der Waals surface area contributed by atoms with Gasteiger partial charge in [-0.3, -0.25) is 4.79 Å². The lowest BCUT2D eigenvalue weighted by molar-refractivity contribution is -0.116. The SMILES string of the molecule is O=C1CC(c2ccccc2)CC2=C1C(c1ccc(O)cc1)Nc1nonc1N2. The number of aromatic nitrogens is 2. The van der Waals surface area contributed by atoms with Gasteiger partial charge in [-0.25, -0.2) is 4.63 Å². The maximum Gasteiger partial charge on any atom is 0.219 e. The zero-order valence-electron chi connectivity index (χ0n) is 14.9. The van der Waals surface area contributed by atoms with Gasteiger partial charge in [0.25, 0.3) is 0 Å². The summed E-state index contributed by atoms with van der Waals surface area (Å²) in [5.74, 6) is 1.27. The quantitative estimate of drug-likeness (QED) is 0.628. The molecule has 0 spiro atoms. The Balaban J connectivity index is 1.60. The Kier molecular flexibility index (Phi) is 3.86. The Bertz CT molecular complexity index is 1060. The van der Waals surface area contributed by atoms with Crippen LogP contribution in [0.3, 0.4) is 0 Å². The van der Waals surface area contributed by atoms with E-state index in [1.165, 1.54) is 0 Å². The van der Waals surface area contributed by atoms with Crippen molar-refractivity contribution in [1.82, 2.24) is 10.3 Å². The van der Waals surface area contributed by atoms with Crippen LogP contribution in [0.25, 0.3) is 0 Å². The number of benzene rings is 2. The number of phenols is 1. The molecule has 3 aromatic rings. The van der Waals surface area contributed by atoms with Crippen LogP contribution in [0.4, 0.5) is 11.6 Å². The molecule has 2 atom stereocenters. The van der Waals surface area contributed by atoms with Crippen LogP contribution in [-0.4, -0.2) is 21.2 Å². The first-order valence-corrected chi connectivity index (χ1v) is 9.15. The monoisotopic (exact) mass is 374 g/mol. The molecule has 7 nitrogen and oxygen atoms in total. The number of carbonyl (C=O) groups excluding carboxylic acids is 1. The fraction of sp³-hybridized carbons (Fsp3) is 0.190. The molecule has 0 fully saturated rings. The summed E-state index contributed by atoms with van der Waals surface area (Å²) in [7, 11) is 0. The minimum absolute atomic E-state index is 0.0790. The van der Waals surface area contributed by atoms with Crippen LogP contribution < -0.4 is 10.6 Å². The van der Waals surface area contributed by atoms with Gasteiger partial charge >= 0.3 is 0 Å². The summed E-state index contributed by atoms with van der Waals surface area (Å²) >= 11 is 0. The van der Waals surface area contributed by atoms with Gasteiger partial charge in [-0.15, -0.1) is 0 Å². The zero-order valence-corrected chi connectivity index (χ0v) is 14.9. The minimum Gasteiger partial charge on any atom is -0.508 e. The highest BCUT2D eigenvalue weighted by Gasteiger charge is 2.37. The molecule has 0 amide bonds. The summed E-state index contributed by atoms with van der Waals surface area (Å²) in [6.07, 6.45) is 1.13. The van der Waals surface area contributed by atoms with E-state index >= 15 is 0 Å². The molecule has 0 bridgehead atoms. The van der Waals surface area contributed by atoms with Crippen LogP contribution in [0.15, 0.2) is 70.5 Å². The smallest absolute Gasteiger partial charge is 0.219 e. The third kappa shape index (κ3) is 2.81. The summed E-state index contributed by atoms with van der Waals surface area (Å²) in [6.45, 7) is 0. The molecule has 1 aliphatic heterocycles. The number of phenolic OH excluding ortho intramolecular Hbond substituents is 1. The lowest BCUT2D eigenvalue weighted by atomic mass is 9.78. The van der Waals surface area contributed by atoms with Crippen molar-refractivity contribution in [2.75, 3.05) is 10.6 Å². The topological polar surface area (TPSA) is 100 Å². The van der Waals surface area contributed by atoms with Crippen molar-refractivity contribution in [2.24, 2.45) is 0 Å². The molecule has 7 heteroatoms. The van der Waals surface area contributed by atoms with Crippen molar-refractivity contribution in [2.45, 2.75) is 24.8 Å². The highest BCUT2D eigenvalue weighted by Crippen LogP contribution is 2.43. The molecule has 0 saturated carbocycles. The molecule has 2 aliphatic rings. The predicted octanol–water partition coefficient (Wildman–Crippen LogP) is 3.75. The molecule has 3 N–H and O–H groups in total. The standard InChI is InChI=1S/C21H18N4O3/c26-15-8-6-13(7-9-15)19-18-16(22-20-21(23-19)25-28-24-20)10-14(11-17(18)27)12-4-2-1-3-5-12/h1-9,14,19,26H,10-11H2,(H,22,24)(H,23,25). The molecule has 2 heterocycles. The third-order valence-electron chi connectivity index (χ3n) is 5.33. The molecule has 2 aromatic carbocycles. The zero-order chi connectivity index (χ0) is 19.1. The number of ketones is 1. The Morgan fingerprint density at radius 2 is 1.68 bits per heavy atom. The summed E-state index contributed by atoms with van der Waals surface area (Å²) < 4.78 is 4.87. The Labute approximate surface area is 161 Å². The first-order valence-electron chi connectivity index (χ1n) is 9.15. The fourth-order valence-corrected chi connectivity index (χ4v) is 3.98. The van der Waals surface area contributed by atoms with E-state index in [0.29, 0.717) is 30.1 Å². The number of hydrogen-bond acceptors (Lipinski definition) is 7. The Morgan fingerprint density at radius 3 is 2.46 bits per heavy atom. The van der Waals surface area contributed by atoms with Crippen LogP contribution in [0.2, 0.25) is 0 Å². The van der Waals surface area contributed by atoms with Crippen molar-refractivity contribution in [3.63, 3.8) is 0 Å². The number of nitrogens with one attached hydrogen (secondary N) is 2. The van der Waals surface area contributed by atoms with Crippen LogP contribution in [0, 0.1) is 0 Å². The van der Waals surface area contributed by atoms with Gasteiger partial charge < -0.3 is 15.7 Å². The number of Topliss-reactive ketones (excluding diaryl/α,β-unsaturated/α-hetero) is 1. The largest absolute Gasteiger partial charge is 0.508 e. The number of fused-ring (bicyclic) bond motifs is 1. The van der Waals surface area contributed by atoms with E-state index in [9.17, 15) is 9.90 Å². The number of carbonyl (C=O) groups is 1. The number of allylic oxidation sites excluding steroid dienone is 1. The molecule has 1 aromatic heterocycles. The van der Waals surface area contributed by atoms with Gasteiger partial charge in [0.2, 0.25) is 11.6 Å². The molecule has 1 aliphatic carbocycles. The highest BCUT2D eigenvalue weighted by molar-refractivity contribution is 6.00. The second-order valence-electron chi connectivity index (χ2n) is 7.09. The molecule has 0 saturated heterocycles. The summed E-state index contributed by atoms with van der Waals surface area (Å²) in [5.41, 5.74) is 3.50. The molecular weight excluding hydrogens is 356 g/mol. The van der Waals surface area contributed by atoms with E-state index in [4.69, 9.17) is 4.63 Å². The number of hydrogen-bond donors (Lipinski definition) is 3. The van der Waals surface area contributed by atoms with E-state index in [1.54, 1.807) is 24.3 Å². The number of nitrogens with zero attached hydrogens (tertiary/aromatic N) is 2. The molecule has 2 unspecified atom stereocenters. The van der Waals surface area contributed by atoms with E-state index in [0.717, 1.165) is 16.8 Å². The van der Waals surface area contributed by atoms with Gasteiger partial charge in [-0.05, 0) is 45.9 Å². The predicted molar refractivity (Wildman–Crippen MR) is 103 cm³/mol. The second-order valence-corrected chi connectivity index (χ2v) is 7.09. The Morgan fingerprint density at radius 1 is 0.929 bits per heavy atom. The first kappa shape index (κ1) is 16.6. The van der Waals surface area contributed by atoms with E-state index in [-0.39, 0.29) is 17.5 Å². The van der Waals surface area contributed by atoms with Crippen molar-refractivity contribution < 1.29 is 14.5 Å². The Hall–Kier alpha value is -3.61. The van der Waals surface area contributed by atoms with Gasteiger partial charge in [-0.1, -0.05) is 42.5 Å². The van der Waals surface area contributed by atoms with Crippen LogP contribution in [-0.2, 0) is 4.79 Å². The van der Waals surface area contributed by atoms with E-state index in [2.05, 4.69) is 33.1 Å². The fourth-order valence-electron chi connectivity index (χ4n) is 3.98. The van der Waals surface area contributed by atoms with Crippen LogP contribution in [0.5, 0.6) is 5.75 Å². The van der Waals surface area contributed by atoms with Gasteiger partial charge in [0.15, 0.2) is 5.78 Å². The molecule has 28 heavy (non-hydrogen) atoms. The van der Waals surface area contributed by atoms with Gasteiger partial charge in [-0.2, -0.15) is 0 Å². The van der Waals surface area contributed by atoms with Crippen molar-refractivity contribution in [3.05, 3.63) is 77.0 Å². The summed E-state index contributed by atoms with van der Waals surface area (Å²) in [6, 6.07) is 16.5. The number of rotatable bonds is 2. The van der Waals surface area contributed by atoms with Gasteiger partial charge in [0, 0.05) is 17.7 Å². The number of aromatic hydroxyl groups is 1. The minimum atomic E-state index is -0.402. The van der Waals surface area contributed by atoms with Gasteiger partial charge in [0.1, 0.15) is 5.75 Å². The second kappa shape index (κ2) is 6.53. The summed E-state index contributed by atoms with van der Waals surface area (Å²) in [4.78, 5) is 13.2. The van der Waals surface area contributed by atoms with Crippen molar-refractivity contribution >= 4 is 17.4 Å². The van der Waals surface area contributed by atoms with Crippen molar-refractivity contribution in [3.8, 4) is 5.75 Å².